The van der Waals surface area contributed by atoms with Crippen molar-refractivity contribution < 1.29 is 5.11 Å². The first-order chi connectivity index (χ1) is 8.38. The predicted octanol–water partition coefficient (Wildman–Crippen LogP) is 2.51. The second-order valence-electron chi connectivity index (χ2n) is 4.64. The van der Waals surface area contributed by atoms with Gasteiger partial charge in [-0.2, -0.15) is 4.37 Å². The Morgan fingerprint density at radius 3 is 3.18 bits per heavy atom. The minimum absolute atomic E-state index is 0.290. The van der Waals surface area contributed by atoms with Gasteiger partial charge in [0.2, 0.25) is 0 Å². The van der Waals surface area contributed by atoms with Gasteiger partial charge in [-0.25, -0.2) is 0 Å². The van der Waals surface area contributed by atoms with E-state index in [4.69, 9.17) is 0 Å². The third-order valence-corrected chi connectivity index (χ3v) is 4.25. The van der Waals surface area contributed by atoms with E-state index in [2.05, 4.69) is 33.5 Å². The van der Waals surface area contributed by atoms with Gasteiger partial charge in [-0.05, 0) is 42.4 Å². The van der Waals surface area contributed by atoms with E-state index >= 15 is 0 Å². The Morgan fingerprint density at radius 2 is 2.29 bits per heavy atom. The zero-order chi connectivity index (χ0) is 11.7. The highest BCUT2D eigenvalue weighted by Crippen LogP contribution is 2.31. The van der Waals surface area contributed by atoms with Gasteiger partial charge < -0.3 is 10.0 Å². The van der Waals surface area contributed by atoms with Crippen molar-refractivity contribution in [2.45, 2.75) is 12.8 Å². The van der Waals surface area contributed by atoms with E-state index in [-0.39, 0.29) is 0 Å². The van der Waals surface area contributed by atoms with Crippen LogP contribution >= 0.6 is 11.5 Å². The number of aromatic nitrogens is 1. The number of hydrogen-bond donors (Lipinski definition) is 1. The first-order valence-corrected chi connectivity index (χ1v) is 6.86. The number of aliphatic hydroxyl groups excluding tert-OH is 1. The minimum Gasteiger partial charge on any atom is -0.396 e. The van der Waals surface area contributed by atoms with E-state index in [9.17, 15) is 5.11 Å². The van der Waals surface area contributed by atoms with Crippen LogP contribution in [-0.4, -0.2) is 29.2 Å². The molecule has 1 aliphatic heterocycles. The van der Waals surface area contributed by atoms with Gasteiger partial charge in [-0.1, -0.05) is 12.1 Å². The van der Waals surface area contributed by atoms with Gasteiger partial charge in [0.1, 0.15) is 5.82 Å². The zero-order valence-electron chi connectivity index (χ0n) is 9.67. The normalized spacial score (nSPS) is 21.0. The zero-order valence-corrected chi connectivity index (χ0v) is 10.5. The van der Waals surface area contributed by atoms with Crippen LogP contribution in [0.1, 0.15) is 12.8 Å². The van der Waals surface area contributed by atoms with Gasteiger partial charge in [0.25, 0.3) is 0 Å². The molecule has 0 radical (unpaired) electrons. The maximum atomic E-state index is 9.28. The number of hydrogen-bond acceptors (Lipinski definition) is 4. The summed E-state index contributed by atoms with van der Waals surface area (Å²) in [6.45, 7) is 2.28. The quantitative estimate of drug-likeness (QED) is 0.887. The molecule has 4 heteroatoms. The van der Waals surface area contributed by atoms with Gasteiger partial charge in [0.15, 0.2) is 0 Å². The Morgan fingerprint density at radius 1 is 1.41 bits per heavy atom. The summed E-state index contributed by atoms with van der Waals surface area (Å²) in [5.41, 5.74) is 0. The molecular weight excluding hydrogens is 232 g/mol. The largest absolute Gasteiger partial charge is 0.396 e. The number of fused-ring (bicyclic) bond motifs is 1. The molecule has 90 valence electrons. The second kappa shape index (κ2) is 4.63. The SMILES string of the molecule is OC[C@@H]1CCCN(c2nsc3ccccc23)C1. The molecule has 1 fully saturated rings. The third kappa shape index (κ3) is 2.03. The molecular formula is C13H16N2OS. The molecule has 1 saturated heterocycles. The smallest absolute Gasteiger partial charge is 0.150 e. The lowest BCUT2D eigenvalue weighted by Crippen LogP contribution is -2.37. The summed E-state index contributed by atoms with van der Waals surface area (Å²) in [6.07, 6.45) is 2.28. The summed E-state index contributed by atoms with van der Waals surface area (Å²) in [5, 5.41) is 10.5. The second-order valence-corrected chi connectivity index (χ2v) is 5.44. The molecule has 0 bridgehead atoms. The predicted molar refractivity (Wildman–Crippen MR) is 71.6 cm³/mol. The van der Waals surface area contributed by atoms with E-state index < -0.39 is 0 Å². The molecule has 0 amide bonds. The molecule has 1 aliphatic rings. The molecule has 1 N–H and O–H groups in total. The van der Waals surface area contributed by atoms with Crippen LogP contribution in [0.4, 0.5) is 5.82 Å². The number of benzene rings is 1. The van der Waals surface area contributed by atoms with Crippen molar-refractivity contribution in [3.63, 3.8) is 0 Å². The van der Waals surface area contributed by atoms with Gasteiger partial charge in [-0.15, -0.1) is 0 Å². The molecule has 1 atom stereocenters. The van der Waals surface area contributed by atoms with Gasteiger partial charge in [0, 0.05) is 25.1 Å². The molecule has 0 saturated carbocycles. The lowest BCUT2D eigenvalue weighted by Gasteiger charge is -2.32. The van der Waals surface area contributed by atoms with Crippen molar-refractivity contribution in [1.29, 1.82) is 0 Å². The van der Waals surface area contributed by atoms with Crippen molar-refractivity contribution in [3.8, 4) is 0 Å². The molecule has 0 aliphatic carbocycles. The summed E-state index contributed by atoms with van der Waals surface area (Å²) in [6, 6.07) is 8.37. The van der Waals surface area contributed by atoms with Crippen LogP contribution < -0.4 is 4.90 Å². The van der Waals surface area contributed by atoms with Gasteiger partial charge in [0.05, 0.1) is 4.70 Å². The molecule has 1 aromatic carbocycles. The van der Waals surface area contributed by atoms with E-state index in [0.717, 1.165) is 31.7 Å². The molecule has 3 rings (SSSR count). The molecule has 3 nitrogen and oxygen atoms in total. The van der Waals surface area contributed by atoms with Crippen LogP contribution in [0.15, 0.2) is 24.3 Å². The highest BCUT2D eigenvalue weighted by Gasteiger charge is 2.22. The molecule has 1 aromatic heterocycles. The number of nitrogens with zero attached hydrogens (tertiary/aromatic N) is 2. The van der Waals surface area contributed by atoms with Gasteiger partial charge >= 0.3 is 0 Å². The highest BCUT2D eigenvalue weighted by atomic mass is 32.1. The summed E-state index contributed by atoms with van der Waals surface area (Å²) in [5.74, 6) is 1.51. The fourth-order valence-corrected chi connectivity index (χ4v) is 3.30. The van der Waals surface area contributed by atoms with Crippen molar-refractivity contribution in [3.05, 3.63) is 24.3 Å². The standard InChI is InChI=1S/C13H16N2OS/c16-9-10-4-3-7-15(8-10)13-11-5-1-2-6-12(11)17-14-13/h1-2,5-6,10,16H,3-4,7-9H2/t10-/m1/s1. The summed E-state index contributed by atoms with van der Waals surface area (Å²) >= 11 is 1.56. The Bertz CT molecular complexity index is 511. The Kier molecular flexibility index (Phi) is 2.99. The molecule has 2 heterocycles. The number of aliphatic hydroxyl groups is 1. The maximum Gasteiger partial charge on any atom is 0.150 e. The Labute approximate surface area is 105 Å². The average molecular weight is 248 g/mol. The molecule has 17 heavy (non-hydrogen) atoms. The van der Waals surface area contributed by atoms with Gasteiger partial charge in [-0.3, -0.25) is 0 Å². The lowest BCUT2D eigenvalue weighted by molar-refractivity contribution is 0.208. The van der Waals surface area contributed by atoms with Crippen molar-refractivity contribution in [1.82, 2.24) is 4.37 Å². The number of piperidine rings is 1. The Hall–Kier alpha value is -1.13. The Balaban J connectivity index is 1.92. The summed E-state index contributed by atoms with van der Waals surface area (Å²) in [4.78, 5) is 2.32. The topological polar surface area (TPSA) is 36.4 Å². The molecule has 2 aromatic rings. The first kappa shape index (κ1) is 11.0. The van der Waals surface area contributed by atoms with E-state index in [1.807, 2.05) is 0 Å². The molecule has 0 spiro atoms. The third-order valence-electron chi connectivity index (χ3n) is 3.44. The van der Waals surface area contributed by atoms with Crippen molar-refractivity contribution >= 4 is 27.4 Å². The van der Waals surface area contributed by atoms with E-state index in [1.165, 1.54) is 10.1 Å². The number of anilines is 1. The lowest BCUT2D eigenvalue weighted by atomic mass is 9.99. The fourth-order valence-electron chi connectivity index (χ4n) is 2.51. The van der Waals surface area contributed by atoms with Crippen molar-refractivity contribution in [2.24, 2.45) is 5.92 Å². The van der Waals surface area contributed by atoms with Crippen LogP contribution in [0.5, 0.6) is 0 Å². The molecule has 0 unspecified atom stereocenters. The summed E-state index contributed by atoms with van der Waals surface area (Å²) < 4.78 is 5.82. The van der Waals surface area contributed by atoms with Crippen LogP contribution in [0.2, 0.25) is 0 Å². The van der Waals surface area contributed by atoms with Crippen LogP contribution in [0.3, 0.4) is 0 Å². The van der Waals surface area contributed by atoms with Crippen molar-refractivity contribution in [2.75, 3.05) is 24.6 Å². The fraction of sp³-hybridized carbons (Fsp3) is 0.462. The summed E-state index contributed by atoms with van der Waals surface area (Å²) in [7, 11) is 0. The monoisotopic (exact) mass is 248 g/mol. The van der Waals surface area contributed by atoms with Crippen LogP contribution in [-0.2, 0) is 0 Å². The first-order valence-electron chi connectivity index (χ1n) is 6.08. The number of rotatable bonds is 2. The average Bonchev–Trinajstić information content (AvgIpc) is 2.82. The van der Waals surface area contributed by atoms with E-state index in [1.54, 1.807) is 11.5 Å². The van der Waals surface area contributed by atoms with Crippen LogP contribution in [0.25, 0.3) is 10.1 Å². The van der Waals surface area contributed by atoms with Crippen LogP contribution in [0, 0.1) is 5.92 Å². The maximum absolute atomic E-state index is 9.28. The highest BCUT2D eigenvalue weighted by molar-refractivity contribution is 7.13. The van der Waals surface area contributed by atoms with E-state index in [0.29, 0.717) is 12.5 Å². The minimum atomic E-state index is 0.290.